The zero-order chi connectivity index (χ0) is 15.6. The first-order chi connectivity index (χ1) is 11.3. The van der Waals surface area contributed by atoms with Crippen LogP contribution in [0.3, 0.4) is 0 Å². The third kappa shape index (κ3) is 2.94. The lowest BCUT2D eigenvalue weighted by atomic mass is 10.0. The lowest BCUT2D eigenvalue weighted by molar-refractivity contribution is -0.132. The molecule has 3 aliphatic rings. The van der Waals surface area contributed by atoms with E-state index in [1.54, 1.807) is 0 Å². The number of hydrogen-bond donors (Lipinski definition) is 0. The lowest BCUT2D eigenvalue weighted by Crippen LogP contribution is -2.31. The quantitative estimate of drug-likeness (QED) is 0.802. The molecule has 2 heterocycles. The molecule has 4 heteroatoms. The van der Waals surface area contributed by atoms with Gasteiger partial charge in [0, 0.05) is 13.0 Å². The number of benzene rings is 1. The van der Waals surface area contributed by atoms with Gasteiger partial charge in [0.2, 0.25) is 5.91 Å². The molecule has 1 fully saturated rings. The number of hydrogen-bond acceptors (Lipinski definition) is 3. The maximum atomic E-state index is 12.7. The minimum Gasteiger partial charge on any atom is -0.486 e. The fourth-order valence-electron chi connectivity index (χ4n) is 3.89. The van der Waals surface area contributed by atoms with Gasteiger partial charge in [-0.25, -0.2) is 0 Å². The Morgan fingerprint density at radius 2 is 2.04 bits per heavy atom. The summed E-state index contributed by atoms with van der Waals surface area (Å²) in [5.41, 5.74) is 1.17. The van der Waals surface area contributed by atoms with E-state index in [0.717, 1.165) is 43.7 Å². The first-order valence-corrected chi connectivity index (χ1v) is 8.67. The van der Waals surface area contributed by atoms with E-state index in [9.17, 15) is 4.79 Å². The Morgan fingerprint density at radius 3 is 2.87 bits per heavy atom. The molecule has 1 amide bonds. The summed E-state index contributed by atoms with van der Waals surface area (Å²) in [5.74, 6) is 2.35. The number of allylic oxidation sites excluding steroid dienone is 2. The predicted molar refractivity (Wildman–Crippen MR) is 87.6 cm³/mol. The zero-order valence-corrected chi connectivity index (χ0v) is 13.4. The van der Waals surface area contributed by atoms with E-state index in [1.165, 1.54) is 5.56 Å². The van der Waals surface area contributed by atoms with Gasteiger partial charge in [-0.05, 0) is 49.3 Å². The second kappa shape index (κ2) is 6.26. The molecule has 0 N–H and O–H groups in total. The van der Waals surface area contributed by atoms with Crippen LogP contribution in [0.1, 0.15) is 43.7 Å². The van der Waals surface area contributed by atoms with Crippen molar-refractivity contribution in [2.24, 2.45) is 5.92 Å². The molecule has 0 spiro atoms. The van der Waals surface area contributed by atoms with Gasteiger partial charge >= 0.3 is 0 Å². The highest BCUT2D eigenvalue weighted by Gasteiger charge is 2.31. The molecule has 23 heavy (non-hydrogen) atoms. The van der Waals surface area contributed by atoms with Gasteiger partial charge in [0.15, 0.2) is 11.5 Å². The van der Waals surface area contributed by atoms with Crippen molar-refractivity contribution in [3.8, 4) is 11.5 Å². The Kier molecular flexibility index (Phi) is 3.98. The van der Waals surface area contributed by atoms with Gasteiger partial charge in [-0.15, -0.1) is 0 Å². The summed E-state index contributed by atoms with van der Waals surface area (Å²) >= 11 is 0. The zero-order valence-electron chi connectivity index (χ0n) is 13.4. The fourth-order valence-corrected chi connectivity index (χ4v) is 3.89. The second-order valence-electron chi connectivity index (χ2n) is 6.62. The average molecular weight is 313 g/mol. The summed E-state index contributed by atoms with van der Waals surface area (Å²) in [6.07, 6.45) is 9.39. The average Bonchev–Trinajstić information content (AvgIpc) is 3.25. The van der Waals surface area contributed by atoms with Crippen LogP contribution >= 0.6 is 0 Å². The topological polar surface area (TPSA) is 38.8 Å². The number of ether oxygens (including phenoxy) is 2. The molecule has 0 aromatic heterocycles. The number of carbonyl (C=O) groups excluding carboxylic acids is 1. The normalized spacial score (nSPS) is 25.8. The molecule has 2 atom stereocenters. The largest absolute Gasteiger partial charge is 0.486 e. The molecule has 4 nitrogen and oxygen atoms in total. The molecular weight excluding hydrogens is 290 g/mol. The summed E-state index contributed by atoms with van der Waals surface area (Å²) in [6, 6.07) is 6.30. The van der Waals surface area contributed by atoms with Gasteiger partial charge < -0.3 is 14.4 Å². The molecular formula is C19H23NO3. The van der Waals surface area contributed by atoms with E-state index >= 15 is 0 Å². The molecule has 1 aromatic rings. The first kappa shape index (κ1) is 14.6. The fraction of sp³-hybridized carbons (Fsp3) is 0.526. The van der Waals surface area contributed by atoms with Gasteiger partial charge in [0.25, 0.3) is 0 Å². The van der Waals surface area contributed by atoms with Crippen molar-refractivity contribution < 1.29 is 14.3 Å². The number of rotatable bonds is 3. The van der Waals surface area contributed by atoms with E-state index in [0.29, 0.717) is 31.5 Å². The van der Waals surface area contributed by atoms with Crippen LogP contribution in [0.4, 0.5) is 0 Å². The molecule has 0 radical (unpaired) electrons. The molecule has 1 aliphatic carbocycles. The number of likely N-dealkylation sites (tertiary alicyclic amines) is 1. The molecule has 0 saturated carbocycles. The first-order valence-electron chi connectivity index (χ1n) is 8.67. The standard InChI is InChI=1S/C19H23NO3/c21-19(12-14-4-1-2-5-14)20-9-3-6-16(20)15-7-8-17-18(13-15)23-11-10-22-17/h1,4,7-8,13-14,16H,2-3,5-6,9-12H2/t14-,16+/m0/s1. The van der Waals surface area contributed by atoms with E-state index in [-0.39, 0.29) is 6.04 Å². The van der Waals surface area contributed by atoms with Crippen molar-refractivity contribution in [2.75, 3.05) is 19.8 Å². The summed E-state index contributed by atoms with van der Waals surface area (Å²) in [7, 11) is 0. The Hall–Kier alpha value is -1.97. The number of carbonyl (C=O) groups is 1. The van der Waals surface area contributed by atoms with Crippen LogP contribution in [0.5, 0.6) is 11.5 Å². The number of nitrogens with zero attached hydrogens (tertiary/aromatic N) is 1. The maximum absolute atomic E-state index is 12.7. The monoisotopic (exact) mass is 313 g/mol. The van der Waals surface area contributed by atoms with Gasteiger partial charge in [0.05, 0.1) is 6.04 Å². The Bertz CT molecular complexity index is 625. The second-order valence-corrected chi connectivity index (χ2v) is 6.62. The molecule has 0 unspecified atom stereocenters. The van der Waals surface area contributed by atoms with Gasteiger partial charge in [0.1, 0.15) is 13.2 Å². The molecule has 4 rings (SSSR count). The molecule has 122 valence electrons. The van der Waals surface area contributed by atoms with Gasteiger partial charge in [-0.2, -0.15) is 0 Å². The van der Waals surface area contributed by atoms with E-state index in [2.05, 4.69) is 29.2 Å². The summed E-state index contributed by atoms with van der Waals surface area (Å²) in [4.78, 5) is 14.8. The van der Waals surface area contributed by atoms with Gasteiger partial charge in [-0.3, -0.25) is 4.79 Å². The minimum atomic E-state index is 0.184. The molecule has 2 aliphatic heterocycles. The van der Waals surface area contributed by atoms with Crippen LogP contribution < -0.4 is 9.47 Å². The SMILES string of the molecule is O=C(C[C@H]1C=CCC1)N1CCC[C@@H]1c1ccc2c(c1)OCCO2. The van der Waals surface area contributed by atoms with Crippen LogP contribution in [0.2, 0.25) is 0 Å². The molecule has 1 aromatic carbocycles. The van der Waals surface area contributed by atoms with Crippen LogP contribution in [-0.2, 0) is 4.79 Å². The van der Waals surface area contributed by atoms with Crippen molar-refractivity contribution in [3.05, 3.63) is 35.9 Å². The van der Waals surface area contributed by atoms with Crippen LogP contribution in [0, 0.1) is 5.92 Å². The summed E-state index contributed by atoms with van der Waals surface area (Å²) < 4.78 is 11.3. The van der Waals surface area contributed by atoms with Crippen LogP contribution in [0.15, 0.2) is 30.4 Å². The highest BCUT2D eigenvalue weighted by molar-refractivity contribution is 5.77. The van der Waals surface area contributed by atoms with E-state index in [1.807, 2.05) is 6.07 Å². The summed E-state index contributed by atoms with van der Waals surface area (Å²) in [5, 5.41) is 0. The van der Waals surface area contributed by atoms with E-state index < -0.39 is 0 Å². The number of amides is 1. The van der Waals surface area contributed by atoms with Gasteiger partial charge in [-0.1, -0.05) is 18.2 Å². The molecule has 0 bridgehead atoms. The smallest absolute Gasteiger partial charge is 0.223 e. The number of fused-ring (bicyclic) bond motifs is 1. The van der Waals surface area contributed by atoms with Crippen LogP contribution in [0.25, 0.3) is 0 Å². The third-order valence-electron chi connectivity index (χ3n) is 5.07. The van der Waals surface area contributed by atoms with Crippen molar-refractivity contribution >= 4 is 5.91 Å². The summed E-state index contributed by atoms with van der Waals surface area (Å²) in [6.45, 7) is 2.07. The lowest BCUT2D eigenvalue weighted by Gasteiger charge is -2.27. The van der Waals surface area contributed by atoms with Crippen molar-refractivity contribution in [3.63, 3.8) is 0 Å². The minimum absolute atomic E-state index is 0.184. The van der Waals surface area contributed by atoms with Crippen LogP contribution in [-0.4, -0.2) is 30.6 Å². The highest BCUT2D eigenvalue weighted by atomic mass is 16.6. The van der Waals surface area contributed by atoms with E-state index in [4.69, 9.17) is 9.47 Å². The van der Waals surface area contributed by atoms with Crippen molar-refractivity contribution in [1.29, 1.82) is 0 Å². The van der Waals surface area contributed by atoms with Crippen molar-refractivity contribution in [1.82, 2.24) is 4.90 Å². The Morgan fingerprint density at radius 1 is 1.17 bits per heavy atom. The Labute approximate surface area is 137 Å². The molecule has 1 saturated heterocycles. The maximum Gasteiger partial charge on any atom is 0.223 e. The Balaban J connectivity index is 1.50. The highest BCUT2D eigenvalue weighted by Crippen LogP contribution is 2.38. The predicted octanol–water partition coefficient (Wildman–Crippen LogP) is 3.48. The third-order valence-corrected chi connectivity index (χ3v) is 5.07. The van der Waals surface area contributed by atoms with Crippen molar-refractivity contribution in [2.45, 2.75) is 38.1 Å².